The molecule has 15 heavy (non-hydrogen) atoms. The summed E-state index contributed by atoms with van der Waals surface area (Å²) in [7, 11) is 0. The van der Waals surface area contributed by atoms with E-state index in [1.54, 1.807) is 6.92 Å². The van der Waals surface area contributed by atoms with Crippen molar-refractivity contribution in [2.75, 3.05) is 6.61 Å². The van der Waals surface area contributed by atoms with Crippen LogP contribution in [0.15, 0.2) is 0 Å². The SMILES string of the molecule is CCC1(C)CC(NC(C)C(=O)O)CCO1. The lowest BCUT2D eigenvalue weighted by atomic mass is 9.89. The molecule has 3 atom stereocenters. The lowest BCUT2D eigenvalue weighted by Crippen LogP contribution is -2.49. The number of carbonyl (C=O) groups is 1. The Labute approximate surface area is 91.0 Å². The van der Waals surface area contributed by atoms with E-state index in [9.17, 15) is 4.79 Å². The van der Waals surface area contributed by atoms with Gasteiger partial charge in [-0.05, 0) is 33.1 Å². The maximum atomic E-state index is 10.7. The molecule has 4 heteroatoms. The molecule has 0 aromatic rings. The predicted molar refractivity (Wildman–Crippen MR) is 57.9 cm³/mol. The van der Waals surface area contributed by atoms with E-state index in [0.717, 1.165) is 19.3 Å². The highest BCUT2D eigenvalue weighted by Crippen LogP contribution is 2.27. The van der Waals surface area contributed by atoms with Crippen LogP contribution in [0.1, 0.15) is 40.0 Å². The van der Waals surface area contributed by atoms with Crippen molar-refractivity contribution in [3.05, 3.63) is 0 Å². The highest BCUT2D eigenvalue weighted by molar-refractivity contribution is 5.72. The zero-order valence-corrected chi connectivity index (χ0v) is 9.75. The van der Waals surface area contributed by atoms with Crippen LogP contribution < -0.4 is 5.32 Å². The zero-order valence-electron chi connectivity index (χ0n) is 9.75. The Morgan fingerprint density at radius 2 is 2.40 bits per heavy atom. The first kappa shape index (κ1) is 12.5. The van der Waals surface area contributed by atoms with Crippen LogP contribution in [0.3, 0.4) is 0 Å². The Hall–Kier alpha value is -0.610. The lowest BCUT2D eigenvalue weighted by molar-refractivity contribution is -0.140. The summed E-state index contributed by atoms with van der Waals surface area (Å²) in [6, 6.07) is -0.219. The van der Waals surface area contributed by atoms with Crippen molar-refractivity contribution in [3.8, 4) is 0 Å². The molecule has 0 aromatic carbocycles. The molecule has 1 fully saturated rings. The van der Waals surface area contributed by atoms with Gasteiger partial charge in [0.05, 0.1) is 5.60 Å². The number of hydrogen-bond acceptors (Lipinski definition) is 3. The minimum Gasteiger partial charge on any atom is -0.480 e. The van der Waals surface area contributed by atoms with Gasteiger partial charge in [0, 0.05) is 12.6 Å². The smallest absolute Gasteiger partial charge is 0.320 e. The van der Waals surface area contributed by atoms with E-state index in [2.05, 4.69) is 19.2 Å². The van der Waals surface area contributed by atoms with E-state index in [1.807, 2.05) is 0 Å². The molecule has 4 nitrogen and oxygen atoms in total. The fraction of sp³-hybridized carbons (Fsp3) is 0.909. The van der Waals surface area contributed by atoms with Crippen molar-refractivity contribution in [1.29, 1.82) is 0 Å². The van der Waals surface area contributed by atoms with Gasteiger partial charge >= 0.3 is 5.97 Å². The Morgan fingerprint density at radius 1 is 1.73 bits per heavy atom. The standard InChI is InChI=1S/C11H21NO3/c1-4-11(3)7-9(5-6-15-11)12-8(2)10(13)14/h8-9,12H,4-7H2,1-3H3,(H,13,14). The Kier molecular flexibility index (Phi) is 4.11. The van der Waals surface area contributed by atoms with Crippen LogP contribution in [0, 0.1) is 0 Å². The Balaban J connectivity index is 2.46. The molecular formula is C11H21NO3. The van der Waals surface area contributed by atoms with Crippen molar-refractivity contribution in [2.24, 2.45) is 0 Å². The van der Waals surface area contributed by atoms with Crippen molar-refractivity contribution < 1.29 is 14.6 Å². The highest BCUT2D eigenvalue weighted by atomic mass is 16.5. The summed E-state index contributed by atoms with van der Waals surface area (Å²) in [5.74, 6) is -0.792. The first-order chi connectivity index (χ1) is 6.97. The molecule has 0 bridgehead atoms. The molecule has 0 radical (unpaired) electrons. The fourth-order valence-electron chi connectivity index (χ4n) is 1.94. The molecule has 0 spiro atoms. The van der Waals surface area contributed by atoms with Crippen LogP contribution >= 0.6 is 0 Å². The normalized spacial score (nSPS) is 33.7. The lowest BCUT2D eigenvalue weighted by Gasteiger charge is -2.38. The van der Waals surface area contributed by atoms with Crippen LogP contribution in [0.2, 0.25) is 0 Å². The van der Waals surface area contributed by atoms with Crippen molar-refractivity contribution >= 4 is 5.97 Å². The molecule has 0 aromatic heterocycles. The summed E-state index contributed by atoms with van der Waals surface area (Å²) in [5.41, 5.74) is -0.0891. The van der Waals surface area contributed by atoms with Gasteiger partial charge in [-0.3, -0.25) is 4.79 Å². The maximum absolute atomic E-state index is 10.7. The summed E-state index contributed by atoms with van der Waals surface area (Å²) in [4.78, 5) is 10.7. The molecule has 1 heterocycles. The minimum absolute atomic E-state index is 0.0891. The second-order valence-corrected chi connectivity index (χ2v) is 4.57. The topological polar surface area (TPSA) is 58.6 Å². The molecule has 1 saturated heterocycles. The number of nitrogens with one attached hydrogen (secondary N) is 1. The van der Waals surface area contributed by atoms with Gasteiger partial charge in [-0.1, -0.05) is 6.92 Å². The molecule has 0 aliphatic carbocycles. The van der Waals surface area contributed by atoms with Gasteiger partial charge in [0.15, 0.2) is 0 Å². The van der Waals surface area contributed by atoms with E-state index >= 15 is 0 Å². The maximum Gasteiger partial charge on any atom is 0.320 e. The second kappa shape index (κ2) is 4.94. The van der Waals surface area contributed by atoms with Gasteiger partial charge in [0.2, 0.25) is 0 Å². The Bertz CT molecular complexity index is 232. The van der Waals surface area contributed by atoms with Gasteiger partial charge in [0.25, 0.3) is 0 Å². The Morgan fingerprint density at radius 3 is 2.93 bits per heavy atom. The second-order valence-electron chi connectivity index (χ2n) is 4.57. The molecule has 88 valence electrons. The van der Waals surface area contributed by atoms with Crippen molar-refractivity contribution in [1.82, 2.24) is 5.32 Å². The van der Waals surface area contributed by atoms with Gasteiger partial charge in [0.1, 0.15) is 6.04 Å². The largest absolute Gasteiger partial charge is 0.480 e. The molecule has 1 aliphatic rings. The summed E-state index contributed by atoms with van der Waals surface area (Å²) in [5, 5.41) is 11.9. The van der Waals surface area contributed by atoms with Crippen molar-refractivity contribution in [3.63, 3.8) is 0 Å². The van der Waals surface area contributed by atoms with Crippen LogP contribution in [0.25, 0.3) is 0 Å². The van der Waals surface area contributed by atoms with Crippen LogP contribution in [-0.4, -0.2) is 35.4 Å². The average Bonchev–Trinajstić information content (AvgIpc) is 2.18. The zero-order chi connectivity index (χ0) is 11.5. The van der Waals surface area contributed by atoms with E-state index in [1.165, 1.54) is 0 Å². The van der Waals surface area contributed by atoms with Gasteiger partial charge in [-0.2, -0.15) is 0 Å². The van der Waals surface area contributed by atoms with Gasteiger partial charge in [-0.25, -0.2) is 0 Å². The average molecular weight is 215 g/mol. The third-order valence-electron chi connectivity index (χ3n) is 3.20. The fourth-order valence-corrected chi connectivity index (χ4v) is 1.94. The third-order valence-corrected chi connectivity index (χ3v) is 3.20. The number of ether oxygens (including phenoxy) is 1. The minimum atomic E-state index is -0.792. The molecule has 0 amide bonds. The molecule has 1 rings (SSSR count). The van der Waals surface area contributed by atoms with Crippen LogP contribution in [0.5, 0.6) is 0 Å². The van der Waals surface area contributed by atoms with Crippen LogP contribution in [0.4, 0.5) is 0 Å². The number of carboxylic acids is 1. The number of carboxylic acid groups (broad SMARTS) is 1. The van der Waals surface area contributed by atoms with E-state index in [4.69, 9.17) is 9.84 Å². The predicted octanol–water partition coefficient (Wildman–Crippen LogP) is 1.40. The van der Waals surface area contributed by atoms with Gasteiger partial charge < -0.3 is 15.2 Å². The molecule has 2 N–H and O–H groups in total. The number of hydrogen-bond donors (Lipinski definition) is 2. The summed E-state index contributed by atoms with van der Waals surface area (Å²) in [6.45, 7) is 6.59. The molecule has 3 unspecified atom stereocenters. The summed E-state index contributed by atoms with van der Waals surface area (Å²) in [6.07, 6.45) is 2.75. The quantitative estimate of drug-likeness (QED) is 0.744. The molecule has 0 saturated carbocycles. The number of rotatable bonds is 4. The van der Waals surface area contributed by atoms with Crippen LogP contribution in [-0.2, 0) is 9.53 Å². The highest BCUT2D eigenvalue weighted by Gasteiger charge is 2.32. The molecule has 1 aliphatic heterocycles. The third kappa shape index (κ3) is 3.47. The monoisotopic (exact) mass is 215 g/mol. The van der Waals surface area contributed by atoms with Gasteiger partial charge in [-0.15, -0.1) is 0 Å². The van der Waals surface area contributed by atoms with E-state index < -0.39 is 12.0 Å². The van der Waals surface area contributed by atoms with Crippen molar-refractivity contribution in [2.45, 2.75) is 57.7 Å². The van der Waals surface area contributed by atoms with E-state index in [0.29, 0.717) is 6.61 Å². The summed E-state index contributed by atoms with van der Waals surface area (Å²) < 4.78 is 5.70. The molecular weight excluding hydrogens is 194 g/mol. The first-order valence-electron chi connectivity index (χ1n) is 5.59. The number of aliphatic carboxylic acids is 1. The first-order valence-corrected chi connectivity index (χ1v) is 5.59. The summed E-state index contributed by atoms with van der Waals surface area (Å²) >= 11 is 0. The van der Waals surface area contributed by atoms with E-state index in [-0.39, 0.29) is 11.6 Å².